The highest BCUT2D eigenvalue weighted by atomic mass is 16.1. The van der Waals surface area contributed by atoms with Gasteiger partial charge in [0, 0.05) is 34.9 Å². The second-order valence-corrected chi connectivity index (χ2v) is 9.78. The van der Waals surface area contributed by atoms with Gasteiger partial charge in [-0.05, 0) is 54.0 Å². The largest absolute Gasteiger partial charge is 0.333 e. The van der Waals surface area contributed by atoms with Gasteiger partial charge in [-0.15, -0.1) is 10.2 Å². The summed E-state index contributed by atoms with van der Waals surface area (Å²) in [5.74, 6) is 0.898. The summed E-state index contributed by atoms with van der Waals surface area (Å²) in [4.78, 5) is 18.4. The number of H-pyrrole nitrogens is 1. The van der Waals surface area contributed by atoms with Crippen LogP contribution in [0, 0.1) is 5.92 Å². The van der Waals surface area contributed by atoms with Gasteiger partial charge in [-0.3, -0.25) is 14.1 Å². The van der Waals surface area contributed by atoms with Crippen molar-refractivity contribution >= 4 is 5.70 Å². The summed E-state index contributed by atoms with van der Waals surface area (Å²) in [5.41, 5.74) is 6.95. The number of hydrogen-bond donors (Lipinski definition) is 1. The molecule has 3 heterocycles. The van der Waals surface area contributed by atoms with Gasteiger partial charge in [-0.2, -0.15) is 5.21 Å². The molecular formula is C29H33N7O. The van der Waals surface area contributed by atoms with Crippen molar-refractivity contribution in [2.75, 3.05) is 0 Å². The summed E-state index contributed by atoms with van der Waals surface area (Å²) >= 11 is 0. The van der Waals surface area contributed by atoms with E-state index in [1.54, 1.807) is 0 Å². The molecule has 3 aromatic heterocycles. The minimum absolute atomic E-state index is 0.0114. The average Bonchev–Trinajstić information content (AvgIpc) is 3.57. The van der Waals surface area contributed by atoms with Crippen LogP contribution in [0.15, 0.2) is 71.3 Å². The lowest BCUT2D eigenvalue weighted by Crippen LogP contribution is -2.26. The highest BCUT2D eigenvalue weighted by Crippen LogP contribution is 2.30. The minimum atomic E-state index is 0.0114. The Kier molecular flexibility index (Phi) is 7.25. The lowest BCUT2D eigenvalue weighted by molar-refractivity contribution is 0.671. The molecule has 0 bridgehead atoms. The number of nitrogens with zero attached hydrogens (tertiary/aromatic N) is 6. The summed E-state index contributed by atoms with van der Waals surface area (Å²) in [6, 6.07) is 11.9. The van der Waals surface area contributed by atoms with Crippen molar-refractivity contribution in [1.82, 2.24) is 34.7 Å². The van der Waals surface area contributed by atoms with Gasteiger partial charge < -0.3 is 0 Å². The monoisotopic (exact) mass is 495 g/mol. The van der Waals surface area contributed by atoms with Crippen LogP contribution in [0.5, 0.6) is 0 Å². The molecule has 0 atom stereocenters. The summed E-state index contributed by atoms with van der Waals surface area (Å²) < 4.78 is 3.77. The van der Waals surface area contributed by atoms with E-state index in [2.05, 4.69) is 53.5 Å². The van der Waals surface area contributed by atoms with Crippen LogP contribution in [0.1, 0.15) is 57.7 Å². The number of nitrogens with one attached hydrogen (secondary N) is 1. The first-order valence-electron chi connectivity index (χ1n) is 13.1. The molecule has 190 valence electrons. The molecule has 8 nitrogen and oxygen atoms in total. The lowest BCUT2D eigenvalue weighted by atomic mass is 9.94. The minimum Gasteiger partial charge on any atom is -0.292 e. The predicted molar refractivity (Wildman–Crippen MR) is 146 cm³/mol. The van der Waals surface area contributed by atoms with Crippen molar-refractivity contribution in [2.24, 2.45) is 5.92 Å². The standard InChI is InChI=1S/C29H33N7O/c1-4-5-10-22-19-36(27-14-9-8-11-23(27)20(2)3)29(37)35(22)18-21-15-16-26(30-17-21)24-12-6-7-13-25(24)28-31-33-34-32-28/h6-7,11-17,19-20H,4-5,8-10,18H2,1-3H3,(H,31,32,33,34). The Morgan fingerprint density at radius 1 is 1.05 bits per heavy atom. The number of allylic oxidation sites excluding steroid dienone is 4. The third-order valence-corrected chi connectivity index (χ3v) is 6.85. The molecule has 0 saturated carbocycles. The van der Waals surface area contributed by atoms with E-state index < -0.39 is 0 Å². The van der Waals surface area contributed by atoms with E-state index in [1.165, 1.54) is 5.57 Å². The molecular weight excluding hydrogens is 462 g/mol. The molecule has 1 aliphatic rings. The van der Waals surface area contributed by atoms with Gasteiger partial charge in [0.1, 0.15) is 0 Å². The number of unbranched alkanes of at least 4 members (excludes halogenated alkanes) is 1. The molecule has 37 heavy (non-hydrogen) atoms. The number of rotatable bonds is 9. The fourth-order valence-electron chi connectivity index (χ4n) is 4.91. The molecule has 1 aliphatic carbocycles. The van der Waals surface area contributed by atoms with E-state index in [0.717, 1.165) is 65.9 Å². The number of pyridine rings is 1. The number of aromatic amines is 1. The Hall–Kier alpha value is -4.07. The van der Waals surface area contributed by atoms with Crippen LogP contribution in [-0.2, 0) is 13.0 Å². The smallest absolute Gasteiger partial charge is 0.292 e. The first kappa shape index (κ1) is 24.6. The van der Waals surface area contributed by atoms with Crippen LogP contribution in [0.25, 0.3) is 28.3 Å². The number of aromatic nitrogens is 7. The summed E-state index contributed by atoms with van der Waals surface area (Å²) in [6.45, 7) is 7.04. The molecule has 0 saturated heterocycles. The molecule has 0 amide bonds. The van der Waals surface area contributed by atoms with Crippen molar-refractivity contribution in [3.05, 3.63) is 88.3 Å². The van der Waals surface area contributed by atoms with Gasteiger partial charge in [0.25, 0.3) is 0 Å². The fraction of sp³-hybridized carbons (Fsp3) is 0.345. The van der Waals surface area contributed by atoms with Gasteiger partial charge in [0.2, 0.25) is 5.82 Å². The SMILES string of the molecule is CCCCc1cn(C2=CCCC=C2C(C)C)c(=O)n1Cc1ccc(-c2ccccc2-c2nn[nH]n2)nc1. The normalized spacial score (nSPS) is 13.6. The lowest BCUT2D eigenvalue weighted by Gasteiger charge is -2.19. The van der Waals surface area contributed by atoms with E-state index in [-0.39, 0.29) is 5.69 Å². The molecule has 0 radical (unpaired) electrons. The van der Waals surface area contributed by atoms with Crippen LogP contribution >= 0.6 is 0 Å². The zero-order valence-corrected chi connectivity index (χ0v) is 21.7. The summed E-state index contributed by atoms with van der Waals surface area (Å²) in [7, 11) is 0. The van der Waals surface area contributed by atoms with E-state index in [9.17, 15) is 4.79 Å². The molecule has 4 aromatic rings. The maximum atomic E-state index is 13.7. The van der Waals surface area contributed by atoms with E-state index in [0.29, 0.717) is 18.3 Å². The van der Waals surface area contributed by atoms with Gasteiger partial charge in [0.15, 0.2) is 0 Å². The van der Waals surface area contributed by atoms with Crippen LogP contribution in [-0.4, -0.2) is 34.7 Å². The topological polar surface area (TPSA) is 94.3 Å². The molecule has 0 spiro atoms. The van der Waals surface area contributed by atoms with Gasteiger partial charge in [-0.25, -0.2) is 4.79 Å². The Balaban J connectivity index is 1.46. The van der Waals surface area contributed by atoms with Crippen LogP contribution < -0.4 is 5.69 Å². The maximum absolute atomic E-state index is 13.7. The zero-order chi connectivity index (χ0) is 25.8. The van der Waals surface area contributed by atoms with Crippen molar-refractivity contribution < 1.29 is 0 Å². The number of hydrogen-bond acceptors (Lipinski definition) is 5. The van der Waals surface area contributed by atoms with E-state index >= 15 is 0 Å². The highest BCUT2D eigenvalue weighted by molar-refractivity contribution is 5.78. The molecule has 5 rings (SSSR count). The summed E-state index contributed by atoms with van der Waals surface area (Å²) in [6.07, 6.45) is 13.4. The third kappa shape index (κ3) is 5.09. The van der Waals surface area contributed by atoms with Crippen molar-refractivity contribution in [3.63, 3.8) is 0 Å². The summed E-state index contributed by atoms with van der Waals surface area (Å²) in [5, 5.41) is 14.4. The molecule has 1 N–H and O–H groups in total. The number of benzene rings is 1. The number of imidazole rings is 1. The first-order chi connectivity index (χ1) is 18.1. The van der Waals surface area contributed by atoms with E-state index in [4.69, 9.17) is 4.98 Å². The first-order valence-corrected chi connectivity index (χ1v) is 13.1. The molecule has 0 aliphatic heterocycles. The Bertz CT molecular complexity index is 1470. The van der Waals surface area contributed by atoms with Gasteiger partial charge in [0.05, 0.1) is 12.2 Å². The predicted octanol–water partition coefficient (Wildman–Crippen LogP) is 5.50. The van der Waals surface area contributed by atoms with E-state index in [1.807, 2.05) is 57.9 Å². The van der Waals surface area contributed by atoms with Crippen molar-refractivity contribution in [2.45, 2.75) is 59.4 Å². The Morgan fingerprint density at radius 2 is 1.86 bits per heavy atom. The molecule has 8 heteroatoms. The highest BCUT2D eigenvalue weighted by Gasteiger charge is 2.20. The zero-order valence-electron chi connectivity index (χ0n) is 21.7. The number of tetrazole rings is 1. The maximum Gasteiger partial charge on any atom is 0.333 e. The second-order valence-electron chi connectivity index (χ2n) is 9.78. The average molecular weight is 496 g/mol. The quantitative estimate of drug-likeness (QED) is 0.331. The van der Waals surface area contributed by atoms with Gasteiger partial charge >= 0.3 is 5.69 Å². The fourth-order valence-corrected chi connectivity index (χ4v) is 4.91. The van der Waals surface area contributed by atoms with Crippen LogP contribution in [0.3, 0.4) is 0 Å². The molecule has 0 unspecified atom stereocenters. The Morgan fingerprint density at radius 3 is 2.57 bits per heavy atom. The number of aryl methyl sites for hydroxylation is 1. The van der Waals surface area contributed by atoms with Crippen LogP contribution in [0.2, 0.25) is 0 Å². The molecule has 1 aromatic carbocycles. The van der Waals surface area contributed by atoms with Crippen molar-refractivity contribution in [1.29, 1.82) is 0 Å². The second kappa shape index (κ2) is 10.9. The van der Waals surface area contributed by atoms with Gasteiger partial charge in [-0.1, -0.05) is 69.7 Å². The van der Waals surface area contributed by atoms with Crippen molar-refractivity contribution in [3.8, 4) is 22.6 Å². The third-order valence-electron chi connectivity index (χ3n) is 6.85. The Labute approximate surface area is 216 Å². The van der Waals surface area contributed by atoms with Crippen LogP contribution in [0.4, 0.5) is 0 Å². The molecule has 0 fully saturated rings.